The van der Waals surface area contributed by atoms with Crippen LogP contribution in [-0.4, -0.2) is 48.9 Å². The molecule has 1 aliphatic heterocycles. The van der Waals surface area contributed by atoms with E-state index in [2.05, 4.69) is 41.8 Å². The predicted octanol–water partition coefficient (Wildman–Crippen LogP) is 1.45. The van der Waals surface area contributed by atoms with E-state index in [0.29, 0.717) is 18.7 Å². The Morgan fingerprint density at radius 3 is 3.00 bits per heavy atom. The summed E-state index contributed by atoms with van der Waals surface area (Å²) >= 11 is 0. The molecule has 1 aromatic rings. The molecule has 0 aliphatic carbocycles. The minimum absolute atomic E-state index is 0.318. The van der Waals surface area contributed by atoms with Gasteiger partial charge < -0.3 is 19.5 Å². The third-order valence-corrected chi connectivity index (χ3v) is 3.66. The van der Waals surface area contributed by atoms with Gasteiger partial charge >= 0.3 is 0 Å². The van der Waals surface area contributed by atoms with Crippen LogP contribution in [0.5, 0.6) is 0 Å². The summed E-state index contributed by atoms with van der Waals surface area (Å²) in [5.74, 6) is 1.09. The number of nitrogens with one attached hydrogen (secondary N) is 1. The molecule has 0 aromatic carbocycles. The topological polar surface area (TPSA) is 42.3 Å². The lowest BCUT2D eigenvalue weighted by Gasteiger charge is -2.33. The average Bonchev–Trinajstić information content (AvgIpc) is 2.83. The Bertz CT molecular complexity index is 404. The van der Waals surface area contributed by atoms with Crippen molar-refractivity contribution in [2.45, 2.75) is 39.3 Å². The largest absolute Gasteiger partial charge is 0.383 e. The third-order valence-electron chi connectivity index (χ3n) is 3.66. The summed E-state index contributed by atoms with van der Waals surface area (Å²) < 4.78 is 7.55. The van der Waals surface area contributed by atoms with Crippen molar-refractivity contribution in [2.24, 2.45) is 0 Å². The first-order valence-electron chi connectivity index (χ1n) is 7.20. The Hall–Kier alpha value is -1.07. The van der Waals surface area contributed by atoms with Gasteiger partial charge in [-0.25, -0.2) is 4.98 Å². The van der Waals surface area contributed by atoms with Gasteiger partial charge in [0.25, 0.3) is 0 Å². The van der Waals surface area contributed by atoms with E-state index < -0.39 is 0 Å². The number of methoxy groups -OCH3 is 1. The first-order chi connectivity index (χ1) is 9.15. The highest BCUT2D eigenvalue weighted by Gasteiger charge is 2.22. The van der Waals surface area contributed by atoms with Crippen molar-refractivity contribution in [3.05, 3.63) is 11.9 Å². The van der Waals surface area contributed by atoms with Crippen LogP contribution in [-0.2, 0) is 11.2 Å². The molecule has 0 spiro atoms. The molecule has 1 unspecified atom stereocenters. The number of imidazole rings is 1. The first kappa shape index (κ1) is 14.3. The molecular formula is C14H26N4O. The van der Waals surface area contributed by atoms with Gasteiger partial charge in [0.1, 0.15) is 0 Å². The molecule has 1 fully saturated rings. The van der Waals surface area contributed by atoms with Crippen molar-refractivity contribution < 1.29 is 4.74 Å². The second kappa shape index (κ2) is 6.39. The summed E-state index contributed by atoms with van der Waals surface area (Å²) in [4.78, 5) is 7.18. The Morgan fingerprint density at radius 1 is 1.58 bits per heavy atom. The molecule has 1 N–H and O–H groups in total. The van der Waals surface area contributed by atoms with E-state index in [1.807, 2.05) is 0 Å². The quantitative estimate of drug-likeness (QED) is 0.876. The minimum Gasteiger partial charge on any atom is -0.383 e. The average molecular weight is 266 g/mol. The number of hydrogen-bond acceptors (Lipinski definition) is 4. The van der Waals surface area contributed by atoms with Crippen molar-refractivity contribution in [2.75, 3.05) is 38.3 Å². The smallest absolute Gasteiger partial charge is 0.206 e. The van der Waals surface area contributed by atoms with Crippen LogP contribution in [0.1, 0.15) is 32.5 Å². The van der Waals surface area contributed by atoms with Crippen LogP contribution < -0.4 is 10.2 Å². The number of nitrogens with zero attached hydrogens (tertiary/aromatic N) is 3. The van der Waals surface area contributed by atoms with Gasteiger partial charge in [0, 0.05) is 39.0 Å². The van der Waals surface area contributed by atoms with Crippen LogP contribution in [0.15, 0.2) is 6.20 Å². The van der Waals surface area contributed by atoms with Crippen molar-refractivity contribution in [3.8, 4) is 0 Å². The summed E-state index contributed by atoms with van der Waals surface area (Å²) in [6, 6.07) is 0.833. The number of anilines is 1. The molecule has 19 heavy (non-hydrogen) atoms. The number of rotatable bonds is 5. The van der Waals surface area contributed by atoms with Crippen LogP contribution in [0.2, 0.25) is 0 Å². The lowest BCUT2D eigenvalue weighted by Crippen LogP contribution is -2.50. The van der Waals surface area contributed by atoms with Gasteiger partial charge in [-0.15, -0.1) is 0 Å². The number of hydrogen-bond donors (Lipinski definition) is 1. The maximum Gasteiger partial charge on any atom is 0.206 e. The monoisotopic (exact) mass is 266 g/mol. The number of aromatic nitrogens is 2. The molecular weight excluding hydrogens is 240 g/mol. The maximum atomic E-state index is 5.28. The van der Waals surface area contributed by atoms with Crippen molar-refractivity contribution >= 4 is 5.95 Å². The molecule has 2 rings (SSSR count). The van der Waals surface area contributed by atoms with E-state index in [-0.39, 0.29) is 0 Å². The molecule has 1 saturated heterocycles. The summed E-state index contributed by atoms with van der Waals surface area (Å²) in [5.41, 5.74) is 1.16. The fourth-order valence-electron chi connectivity index (χ4n) is 2.60. The van der Waals surface area contributed by atoms with E-state index in [1.165, 1.54) is 0 Å². The maximum absolute atomic E-state index is 5.28. The zero-order valence-electron chi connectivity index (χ0n) is 12.5. The molecule has 0 saturated carbocycles. The van der Waals surface area contributed by atoms with Gasteiger partial charge in [-0.3, -0.25) is 0 Å². The second-order valence-corrected chi connectivity index (χ2v) is 5.40. The highest BCUT2D eigenvalue weighted by molar-refractivity contribution is 5.35. The van der Waals surface area contributed by atoms with Gasteiger partial charge in [-0.1, -0.05) is 6.92 Å². The van der Waals surface area contributed by atoms with Crippen LogP contribution >= 0.6 is 0 Å². The van der Waals surface area contributed by atoms with Gasteiger partial charge in [0.05, 0.1) is 18.3 Å². The van der Waals surface area contributed by atoms with Crippen molar-refractivity contribution in [3.63, 3.8) is 0 Å². The zero-order chi connectivity index (χ0) is 13.8. The van der Waals surface area contributed by atoms with Gasteiger partial charge in [0.2, 0.25) is 5.95 Å². The highest BCUT2D eigenvalue weighted by atomic mass is 16.5. The van der Waals surface area contributed by atoms with Crippen LogP contribution in [0, 0.1) is 0 Å². The summed E-state index contributed by atoms with van der Waals surface area (Å²) in [5, 5.41) is 3.47. The second-order valence-electron chi connectivity index (χ2n) is 5.40. The molecule has 1 aromatic heterocycles. The van der Waals surface area contributed by atoms with Crippen molar-refractivity contribution in [1.82, 2.24) is 14.9 Å². The molecule has 5 nitrogen and oxygen atoms in total. The fourth-order valence-corrected chi connectivity index (χ4v) is 2.60. The molecule has 1 aliphatic rings. The summed E-state index contributed by atoms with van der Waals surface area (Å²) in [6.07, 6.45) is 3.15. The van der Waals surface area contributed by atoms with Crippen molar-refractivity contribution in [1.29, 1.82) is 0 Å². The Kier molecular flexibility index (Phi) is 4.82. The summed E-state index contributed by atoms with van der Waals surface area (Å²) in [7, 11) is 1.75. The fraction of sp³-hybridized carbons (Fsp3) is 0.786. The molecule has 0 bridgehead atoms. The molecule has 2 atom stereocenters. The SMILES string of the molecule is CCc1cn(C(C)COC)c(N2CCN[C@@H](C)C2)n1. The lowest BCUT2D eigenvalue weighted by molar-refractivity contribution is 0.162. The number of ether oxygens (including phenoxy) is 1. The Labute approximate surface area is 116 Å². The zero-order valence-corrected chi connectivity index (χ0v) is 12.5. The third kappa shape index (κ3) is 3.28. The first-order valence-corrected chi connectivity index (χ1v) is 7.20. The van der Waals surface area contributed by atoms with E-state index in [9.17, 15) is 0 Å². The molecule has 2 heterocycles. The normalized spacial score (nSPS) is 21.7. The van der Waals surface area contributed by atoms with Gasteiger partial charge in [-0.05, 0) is 20.3 Å². The van der Waals surface area contributed by atoms with E-state index >= 15 is 0 Å². The van der Waals surface area contributed by atoms with Crippen LogP contribution in [0.25, 0.3) is 0 Å². The van der Waals surface area contributed by atoms with E-state index in [0.717, 1.165) is 37.7 Å². The standard InChI is InChI=1S/C14H26N4O/c1-5-13-9-18(12(3)10-19-4)14(16-13)17-7-6-15-11(2)8-17/h9,11-12,15H,5-8,10H2,1-4H3/t11-,12?/m0/s1. The summed E-state index contributed by atoms with van der Waals surface area (Å²) in [6.45, 7) is 10.3. The van der Waals surface area contributed by atoms with E-state index in [4.69, 9.17) is 9.72 Å². The molecule has 0 radical (unpaired) electrons. The number of aryl methyl sites for hydroxylation is 1. The molecule has 5 heteroatoms. The molecule has 108 valence electrons. The van der Waals surface area contributed by atoms with Gasteiger partial charge in [-0.2, -0.15) is 0 Å². The minimum atomic E-state index is 0.318. The van der Waals surface area contributed by atoms with Gasteiger partial charge in [0.15, 0.2) is 0 Å². The van der Waals surface area contributed by atoms with Crippen LogP contribution in [0.4, 0.5) is 5.95 Å². The Balaban J connectivity index is 2.24. The Morgan fingerprint density at radius 2 is 2.37 bits per heavy atom. The molecule has 0 amide bonds. The number of piperazine rings is 1. The predicted molar refractivity (Wildman–Crippen MR) is 77.9 cm³/mol. The van der Waals surface area contributed by atoms with Crippen LogP contribution in [0.3, 0.4) is 0 Å². The highest BCUT2D eigenvalue weighted by Crippen LogP contribution is 2.21. The lowest BCUT2D eigenvalue weighted by atomic mass is 10.2. The van der Waals surface area contributed by atoms with E-state index in [1.54, 1.807) is 7.11 Å².